The van der Waals surface area contributed by atoms with E-state index in [1.165, 1.54) is 0 Å². The monoisotopic (exact) mass is 313 g/mol. The molecule has 1 aromatic carbocycles. The highest BCUT2D eigenvalue weighted by molar-refractivity contribution is 7.71. The fraction of sp³-hybridized carbons (Fsp3) is 0.133. The lowest BCUT2D eigenvalue weighted by Gasteiger charge is -2.04. The van der Waals surface area contributed by atoms with E-state index in [1.54, 1.807) is 18.0 Å². The molecule has 3 rings (SSSR count). The molecule has 0 atom stereocenters. The van der Waals surface area contributed by atoms with Gasteiger partial charge in [-0.3, -0.25) is 0 Å². The van der Waals surface area contributed by atoms with E-state index in [2.05, 4.69) is 15.3 Å². The Morgan fingerprint density at radius 2 is 2.18 bits per heavy atom. The minimum Gasteiger partial charge on any atom is -0.497 e. The third-order valence-corrected chi connectivity index (χ3v) is 3.53. The van der Waals surface area contributed by atoms with Crippen LogP contribution in [0.15, 0.2) is 47.7 Å². The van der Waals surface area contributed by atoms with Crippen LogP contribution in [-0.2, 0) is 7.05 Å². The van der Waals surface area contributed by atoms with Crippen molar-refractivity contribution < 1.29 is 4.74 Å². The number of aromatic amines is 1. The summed E-state index contributed by atoms with van der Waals surface area (Å²) in [6, 6.07) is 11.5. The van der Waals surface area contributed by atoms with Crippen molar-refractivity contribution in [1.29, 1.82) is 0 Å². The lowest BCUT2D eigenvalue weighted by Crippen LogP contribution is -1.98. The summed E-state index contributed by atoms with van der Waals surface area (Å²) in [6.07, 6.45) is 3.70. The van der Waals surface area contributed by atoms with E-state index in [-0.39, 0.29) is 0 Å². The van der Waals surface area contributed by atoms with Crippen LogP contribution in [0.3, 0.4) is 0 Å². The van der Waals surface area contributed by atoms with Gasteiger partial charge in [0.2, 0.25) is 4.77 Å². The van der Waals surface area contributed by atoms with Gasteiger partial charge in [-0.25, -0.2) is 5.10 Å². The van der Waals surface area contributed by atoms with Gasteiger partial charge in [0.15, 0.2) is 5.82 Å². The highest BCUT2D eigenvalue weighted by Gasteiger charge is 2.09. The molecular weight excluding hydrogens is 298 g/mol. The molecule has 0 bridgehead atoms. The van der Waals surface area contributed by atoms with Crippen LogP contribution in [0.1, 0.15) is 5.69 Å². The molecule has 0 fully saturated rings. The fourth-order valence-corrected chi connectivity index (χ4v) is 2.25. The molecular formula is C15H15N5OS. The van der Waals surface area contributed by atoms with Crippen LogP contribution in [0, 0.1) is 4.77 Å². The molecule has 0 aliphatic heterocycles. The van der Waals surface area contributed by atoms with Gasteiger partial charge in [0.25, 0.3) is 0 Å². The lowest BCUT2D eigenvalue weighted by molar-refractivity contribution is 0.415. The quantitative estimate of drug-likeness (QED) is 0.595. The van der Waals surface area contributed by atoms with Crippen LogP contribution in [0.2, 0.25) is 0 Å². The molecule has 0 aliphatic carbocycles. The predicted octanol–water partition coefficient (Wildman–Crippen LogP) is 2.84. The molecule has 0 aliphatic rings. The van der Waals surface area contributed by atoms with Crippen molar-refractivity contribution in [3.05, 3.63) is 53.1 Å². The molecule has 6 nitrogen and oxygen atoms in total. The predicted molar refractivity (Wildman–Crippen MR) is 87.8 cm³/mol. The van der Waals surface area contributed by atoms with E-state index < -0.39 is 0 Å². The van der Waals surface area contributed by atoms with Crippen LogP contribution >= 0.6 is 12.2 Å². The van der Waals surface area contributed by atoms with Crippen molar-refractivity contribution in [2.45, 2.75) is 0 Å². The molecule has 0 amide bonds. The normalized spacial score (nSPS) is 11.2. The van der Waals surface area contributed by atoms with Crippen LogP contribution in [0.4, 0.5) is 0 Å². The van der Waals surface area contributed by atoms with Crippen LogP contribution in [0.5, 0.6) is 5.75 Å². The second kappa shape index (κ2) is 5.98. The van der Waals surface area contributed by atoms with Gasteiger partial charge in [-0.2, -0.15) is 14.9 Å². The molecule has 112 valence electrons. The summed E-state index contributed by atoms with van der Waals surface area (Å²) in [5.41, 5.74) is 1.84. The van der Waals surface area contributed by atoms with Crippen molar-refractivity contribution in [3.8, 4) is 17.1 Å². The Balaban J connectivity index is 2.02. The maximum Gasteiger partial charge on any atom is 0.216 e. The first-order valence-corrected chi connectivity index (χ1v) is 7.07. The molecule has 22 heavy (non-hydrogen) atoms. The lowest BCUT2D eigenvalue weighted by atomic mass is 10.2. The van der Waals surface area contributed by atoms with E-state index in [4.69, 9.17) is 17.0 Å². The SMILES string of the molecule is COc1cccc(-c2n[nH]c(=S)n2N=Cc2cccn2C)c1. The molecule has 7 heteroatoms. The summed E-state index contributed by atoms with van der Waals surface area (Å²) in [7, 11) is 3.59. The Bertz CT molecular complexity index is 874. The van der Waals surface area contributed by atoms with Crippen LogP contribution in [-0.4, -0.2) is 32.8 Å². The first kappa shape index (κ1) is 14.3. The Morgan fingerprint density at radius 3 is 2.91 bits per heavy atom. The standard InChI is InChI=1S/C15H15N5OS/c1-19-8-4-6-12(19)10-16-20-14(17-18-15(20)22)11-5-3-7-13(9-11)21-2/h3-10H,1-2H3,(H,18,22). The third kappa shape index (κ3) is 2.71. The summed E-state index contributed by atoms with van der Waals surface area (Å²) < 4.78 is 9.24. The zero-order valence-corrected chi connectivity index (χ0v) is 13.0. The van der Waals surface area contributed by atoms with Crippen molar-refractivity contribution >= 4 is 18.4 Å². The number of aryl methyl sites for hydroxylation is 1. The molecule has 3 aromatic rings. The van der Waals surface area contributed by atoms with Gasteiger partial charge in [0, 0.05) is 18.8 Å². The van der Waals surface area contributed by atoms with Crippen molar-refractivity contribution in [2.75, 3.05) is 7.11 Å². The number of aromatic nitrogens is 4. The Hall–Kier alpha value is -2.67. The summed E-state index contributed by atoms with van der Waals surface area (Å²) >= 11 is 5.25. The average molecular weight is 313 g/mol. The van der Waals surface area contributed by atoms with Crippen molar-refractivity contribution in [3.63, 3.8) is 0 Å². The average Bonchev–Trinajstić information content (AvgIpc) is 3.11. The smallest absolute Gasteiger partial charge is 0.216 e. The summed E-state index contributed by atoms with van der Waals surface area (Å²) in [4.78, 5) is 0. The van der Waals surface area contributed by atoms with Gasteiger partial charge in [0.1, 0.15) is 5.75 Å². The van der Waals surface area contributed by atoms with E-state index in [0.29, 0.717) is 10.6 Å². The summed E-state index contributed by atoms with van der Waals surface area (Å²) in [5, 5.41) is 11.5. The highest BCUT2D eigenvalue weighted by Crippen LogP contribution is 2.22. The minimum absolute atomic E-state index is 0.434. The maximum atomic E-state index is 5.25. The summed E-state index contributed by atoms with van der Waals surface area (Å²) in [6.45, 7) is 0. The molecule has 0 unspecified atom stereocenters. The molecule has 2 heterocycles. The molecule has 0 spiro atoms. The van der Waals surface area contributed by atoms with Gasteiger partial charge in [-0.15, -0.1) is 0 Å². The van der Waals surface area contributed by atoms with Gasteiger partial charge >= 0.3 is 0 Å². The number of benzene rings is 1. The van der Waals surface area contributed by atoms with Crippen LogP contribution < -0.4 is 4.74 Å². The van der Waals surface area contributed by atoms with Gasteiger partial charge in [-0.1, -0.05) is 12.1 Å². The van der Waals surface area contributed by atoms with E-state index >= 15 is 0 Å². The third-order valence-electron chi connectivity index (χ3n) is 3.27. The maximum absolute atomic E-state index is 5.25. The number of hydrogen-bond acceptors (Lipinski definition) is 4. The van der Waals surface area contributed by atoms with Crippen molar-refractivity contribution in [2.24, 2.45) is 12.1 Å². The molecule has 0 radical (unpaired) electrons. The van der Waals surface area contributed by atoms with E-state index in [0.717, 1.165) is 17.0 Å². The van der Waals surface area contributed by atoms with Crippen molar-refractivity contribution in [1.82, 2.24) is 19.4 Å². The minimum atomic E-state index is 0.434. The van der Waals surface area contributed by atoms with Gasteiger partial charge in [-0.05, 0) is 36.5 Å². The number of hydrogen-bond donors (Lipinski definition) is 1. The number of methoxy groups -OCH3 is 1. The largest absolute Gasteiger partial charge is 0.497 e. The van der Waals surface area contributed by atoms with E-state index in [1.807, 2.05) is 54.2 Å². The number of H-pyrrole nitrogens is 1. The summed E-state index contributed by atoms with van der Waals surface area (Å²) in [5.74, 6) is 1.39. The zero-order chi connectivity index (χ0) is 15.5. The molecule has 0 saturated heterocycles. The highest BCUT2D eigenvalue weighted by atomic mass is 32.1. The Labute approximate surface area is 132 Å². The Kier molecular flexibility index (Phi) is 3.88. The van der Waals surface area contributed by atoms with Gasteiger partial charge in [0.05, 0.1) is 19.0 Å². The fourth-order valence-electron chi connectivity index (χ4n) is 2.07. The molecule has 0 saturated carbocycles. The molecule has 2 aromatic heterocycles. The zero-order valence-electron chi connectivity index (χ0n) is 12.2. The second-order valence-electron chi connectivity index (χ2n) is 4.68. The topological polar surface area (TPSA) is 60.1 Å². The van der Waals surface area contributed by atoms with E-state index in [9.17, 15) is 0 Å². The Morgan fingerprint density at radius 1 is 1.32 bits per heavy atom. The number of nitrogens with one attached hydrogen (secondary N) is 1. The van der Waals surface area contributed by atoms with Crippen LogP contribution in [0.25, 0.3) is 11.4 Å². The number of rotatable bonds is 4. The number of nitrogens with zero attached hydrogens (tertiary/aromatic N) is 4. The second-order valence-corrected chi connectivity index (χ2v) is 5.07. The first-order valence-electron chi connectivity index (χ1n) is 6.66. The number of ether oxygens (including phenoxy) is 1. The first-order chi connectivity index (χ1) is 10.7. The molecule has 1 N–H and O–H groups in total. The van der Waals surface area contributed by atoms with Gasteiger partial charge < -0.3 is 9.30 Å².